The van der Waals surface area contributed by atoms with Crippen molar-refractivity contribution >= 4 is 34.3 Å². The Kier molecular flexibility index (Phi) is 5.86. The lowest BCUT2D eigenvalue weighted by Gasteiger charge is -2.20. The second-order valence-corrected chi connectivity index (χ2v) is 8.74. The molecule has 0 radical (unpaired) electrons. The minimum Gasteiger partial charge on any atom is -0.324 e. The van der Waals surface area contributed by atoms with Crippen molar-refractivity contribution < 1.29 is 4.79 Å². The van der Waals surface area contributed by atoms with E-state index in [-0.39, 0.29) is 17.5 Å². The topological polar surface area (TPSA) is 87.8 Å². The number of benzene rings is 2. The standard InChI is InChI=1S/C23H22N4O2S/c1-15(21(28)25-19-12-6-2-8-16(19)14-24)30-23-26-20-13-7-5-11-18(20)22(29)27(23)17-9-3-4-10-17/h2,5-8,11-13,15,17H,3-4,9-10H2,1H3,(H,25,28)/t15-/m1/s1. The first-order valence-corrected chi connectivity index (χ1v) is 10.9. The van der Waals surface area contributed by atoms with E-state index in [1.54, 1.807) is 41.8 Å². The van der Waals surface area contributed by atoms with Crippen molar-refractivity contribution in [1.29, 1.82) is 5.26 Å². The fourth-order valence-electron chi connectivity index (χ4n) is 3.83. The van der Waals surface area contributed by atoms with E-state index in [4.69, 9.17) is 4.98 Å². The molecule has 1 aliphatic rings. The van der Waals surface area contributed by atoms with Crippen LogP contribution >= 0.6 is 11.8 Å². The SMILES string of the molecule is C[C@@H](Sc1nc2ccccc2c(=O)n1C1CCCC1)C(=O)Nc1ccccc1C#N. The lowest BCUT2D eigenvalue weighted by molar-refractivity contribution is -0.115. The summed E-state index contributed by atoms with van der Waals surface area (Å²) in [4.78, 5) is 30.8. The molecule has 1 aliphatic carbocycles. The molecule has 0 aliphatic heterocycles. The zero-order chi connectivity index (χ0) is 21.1. The Hall–Kier alpha value is -3.11. The molecule has 0 unspecified atom stereocenters. The van der Waals surface area contributed by atoms with Gasteiger partial charge in [0.2, 0.25) is 5.91 Å². The second kappa shape index (κ2) is 8.72. The van der Waals surface area contributed by atoms with Crippen molar-refractivity contribution in [1.82, 2.24) is 9.55 Å². The molecule has 0 spiro atoms. The summed E-state index contributed by atoms with van der Waals surface area (Å²) in [5.41, 5.74) is 1.49. The first-order chi connectivity index (χ1) is 14.6. The number of carbonyl (C=O) groups excluding carboxylic acids is 1. The highest BCUT2D eigenvalue weighted by atomic mass is 32.2. The van der Waals surface area contributed by atoms with Crippen molar-refractivity contribution in [3.8, 4) is 6.07 Å². The summed E-state index contributed by atoms with van der Waals surface area (Å²) in [7, 11) is 0. The molecular formula is C23H22N4O2S. The summed E-state index contributed by atoms with van der Waals surface area (Å²) in [5.74, 6) is -0.233. The van der Waals surface area contributed by atoms with Gasteiger partial charge in [-0.2, -0.15) is 5.26 Å². The number of aromatic nitrogens is 2. The smallest absolute Gasteiger partial charge is 0.262 e. The van der Waals surface area contributed by atoms with Crippen LogP contribution in [0, 0.1) is 11.3 Å². The third-order valence-corrected chi connectivity index (χ3v) is 6.49. The molecule has 1 atom stereocenters. The minimum absolute atomic E-state index is 0.0440. The molecule has 30 heavy (non-hydrogen) atoms. The molecular weight excluding hydrogens is 396 g/mol. The van der Waals surface area contributed by atoms with Gasteiger partial charge in [0.15, 0.2) is 5.16 Å². The van der Waals surface area contributed by atoms with Crippen LogP contribution in [0.15, 0.2) is 58.5 Å². The number of para-hydroxylation sites is 2. The van der Waals surface area contributed by atoms with Crippen LogP contribution in [-0.2, 0) is 4.79 Å². The molecule has 6 nitrogen and oxygen atoms in total. The zero-order valence-electron chi connectivity index (χ0n) is 16.7. The van der Waals surface area contributed by atoms with Gasteiger partial charge >= 0.3 is 0 Å². The van der Waals surface area contributed by atoms with Gasteiger partial charge in [-0.25, -0.2) is 4.98 Å². The fraction of sp³-hybridized carbons (Fsp3) is 0.304. The molecule has 7 heteroatoms. The summed E-state index contributed by atoms with van der Waals surface area (Å²) < 4.78 is 1.78. The first-order valence-electron chi connectivity index (χ1n) is 10.1. The number of amides is 1. The number of anilines is 1. The first kappa shape index (κ1) is 20.2. The van der Waals surface area contributed by atoms with E-state index in [9.17, 15) is 14.9 Å². The van der Waals surface area contributed by atoms with E-state index in [2.05, 4.69) is 11.4 Å². The van der Waals surface area contributed by atoms with E-state index in [1.165, 1.54) is 11.8 Å². The number of thioether (sulfide) groups is 1. The summed E-state index contributed by atoms with van der Waals surface area (Å²) in [6.45, 7) is 1.79. The molecule has 1 saturated carbocycles. The van der Waals surface area contributed by atoms with Crippen LogP contribution in [0.3, 0.4) is 0 Å². The molecule has 2 aromatic carbocycles. The monoisotopic (exact) mass is 418 g/mol. The van der Waals surface area contributed by atoms with Gasteiger partial charge in [-0.05, 0) is 44.0 Å². The van der Waals surface area contributed by atoms with E-state index in [0.29, 0.717) is 27.3 Å². The lowest BCUT2D eigenvalue weighted by Crippen LogP contribution is -2.29. The number of fused-ring (bicyclic) bond motifs is 1. The maximum atomic E-state index is 13.2. The van der Waals surface area contributed by atoms with Crippen LogP contribution in [0.5, 0.6) is 0 Å². The van der Waals surface area contributed by atoms with Crippen LogP contribution < -0.4 is 10.9 Å². The molecule has 152 valence electrons. The van der Waals surface area contributed by atoms with Crippen molar-refractivity contribution in [3.05, 3.63) is 64.4 Å². The van der Waals surface area contributed by atoms with Gasteiger partial charge in [-0.1, -0.05) is 48.9 Å². The largest absolute Gasteiger partial charge is 0.324 e. The highest BCUT2D eigenvalue weighted by Gasteiger charge is 2.25. The van der Waals surface area contributed by atoms with Crippen LogP contribution in [0.25, 0.3) is 10.9 Å². The molecule has 1 aromatic heterocycles. The predicted molar refractivity (Wildman–Crippen MR) is 119 cm³/mol. The number of rotatable bonds is 5. The van der Waals surface area contributed by atoms with Crippen molar-refractivity contribution in [3.63, 3.8) is 0 Å². The Labute approximate surface area is 178 Å². The normalized spacial score (nSPS) is 15.1. The van der Waals surface area contributed by atoms with Gasteiger partial charge in [-0.3, -0.25) is 14.2 Å². The maximum absolute atomic E-state index is 13.2. The highest BCUT2D eigenvalue weighted by molar-refractivity contribution is 8.00. The fourth-order valence-corrected chi connectivity index (χ4v) is 4.81. The van der Waals surface area contributed by atoms with Gasteiger partial charge < -0.3 is 5.32 Å². The molecule has 1 fully saturated rings. The molecule has 3 aromatic rings. The lowest BCUT2D eigenvalue weighted by atomic mass is 10.2. The third kappa shape index (κ3) is 3.96. The van der Waals surface area contributed by atoms with Crippen LogP contribution in [0.1, 0.15) is 44.2 Å². The molecule has 0 bridgehead atoms. The highest BCUT2D eigenvalue weighted by Crippen LogP contribution is 2.33. The van der Waals surface area contributed by atoms with Crippen molar-refractivity contribution in [2.45, 2.75) is 49.1 Å². The van der Waals surface area contributed by atoms with Crippen molar-refractivity contribution in [2.75, 3.05) is 5.32 Å². The minimum atomic E-state index is -0.488. The van der Waals surface area contributed by atoms with Crippen LogP contribution in [0.2, 0.25) is 0 Å². The summed E-state index contributed by atoms with van der Waals surface area (Å²) in [6, 6.07) is 16.4. The van der Waals surface area contributed by atoms with Gasteiger partial charge in [0.1, 0.15) is 6.07 Å². The Morgan fingerprint density at radius 1 is 1.20 bits per heavy atom. The molecule has 1 N–H and O–H groups in total. The molecule has 4 rings (SSSR count). The quantitative estimate of drug-likeness (QED) is 0.487. The zero-order valence-corrected chi connectivity index (χ0v) is 17.5. The average Bonchev–Trinajstić information content (AvgIpc) is 3.28. The second-order valence-electron chi connectivity index (χ2n) is 7.43. The van der Waals surface area contributed by atoms with E-state index < -0.39 is 5.25 Å². The Morgan fingerprint density at radius 3 is 2.67 bits per heavy atom. The number of hydrogen-bond acceptors (Lipinski definition) is 5. The van der Waals surface area contributed by atoms with Crippen molar-refractivity contribution in [2.24, 2.45) is 0 Å². The van der Waals surface area contributed by atoms with Gasteiger partial charge in [0, 0.05) is 6.04 Å². The summed E-state index contributed by atoms with van der Waals surface area (Å²) in [5, 5.41) is 12.8. The predicted octanol–water partition coefficient (Wildman–Crippen LogP) is 4.50. The van der Waals surface area contributed by atoms with Gasteiger partial charge in [0.25, 0.3) is 5.56 Å². The Balaban J connectivity index is 1.65. The summed E-state index contributed by atoms with van der Waals surface area (Å²) >= 11 is 1.28. The van der Waals surface area contributed by atoms with Gasteiger partial charge in [0.05, 0.1) is 27.4 Å². The number of nitrogens with one attached hydrogen (secondary N) is 1. The van der Waals surface area contributed by atoms with E-state index >= 15 is 0 Å². The van der Waals surface area contributed by atoms with Crippen LogP contribution in [0.4, 0.5) is 5.69 Å². The molecule has 1 heterocycles. The van der Waals surface area contributed by atoms with Crippen LogP contribution in [-0.4, -0.2) is 20.7 Å². The average molecular weight is 419 g/mol. The van der Waals surface area contributed by atoms with E-state index in [1.807, 2.05) is 18.2 Å². The number of nitrogens with zero attached hydrogens (tertiary/aromatic N) is 3. The number of carbonyl (C=O) groups is 1. The maximum Gasteiger partial charge on any atom is 0.262 e. The molecule has 1 amide bonds. The summed E-state index contributed by atoms with van der Waals surface area (Å²) in [6.07, 6.45) is 4.08. The number of hydrogen-bond donors (Lipinski definition) is 1. The van der Waals surface area contributed by atoms with Gasteiger partial charge in [-0.15, -0.1) is 0 Å². The Morgan fingerprint density at radius 2 is 1.90 bits per heavy atom. The Bertz CT molecular complexity index is 1190. The van der Waals surface area contributed by atoms with E-state index in [0.717, 1.165) is 25.7 Å². The number of nitriles is 1. The third-order valence-electron chi connectivity index (χ3n) is 5.42. The molecule has 0 saturated heterocycles.